The zero-order valence-corrected chi connectivity index (χ0v) is 12.6. The second-order valence-corrected chi connectivity index (χ2v) is 6.02. The topological polar surface area (TPSA) is 12.0 Å². The molecule has 0 spiro atoms. The summed E-state index contributed by atoms with van der Waals surface area (Å²) >= 11 is 0. The molecular weight excluding hydrogens is 230 g/mol. The summed E-state index contributed by atoms with van der Waals surface area (Å²) < 4.78 is 0. The van der Waals surface area contributed by atoms with Gasteiger partial charge in [0.25, 0.3) is 0 Å². The molecule has 2 rings (SSSR count). The largest absolute Gasteiger partial charge is 0.312 e. The van der Waals surface area contributed by atoms with Crippen LogP contribution in [-0.4, -0.2) is 6.54 Å². The Morgan fingerprint density at radius 2 is 2.00 bits per heavy atom. The highest BCUT2D eigenvalue weighted by molar-refractivity contribution is 5.33. The van der Waals surface area contributed by atoms with Crippen LogP contribution in [0, 0.1) is 5.92 Å². The first-order chi connectivity index (χ1) is 9.35. The van der Waals surface area contributed by atoms with E-state index in [0.717, 1.165) is 18.4 Å². The van der Waals surface area contributed by atoms with E-state index in [1.807, 2.05) is 0 Å². The van der Waals surface area contributed by atoms with Crippen LogP contribution in [0.2, 0.25) is 0 Å². The normalized spacial score (nSPS) is 16.5. The molecule has 1 aliphatic rings. The lowest BCUT2D eigenvalue weighted by Gasteiger charge is -2.16. The molecule has 1 heteroatoms. The summed E-state index contributed by atoms with van der Waals surface area (Å²) in [4.78, 5) is 0. The van der Waals surface area contributed by atoms with Gasteiger partial charge in [0.15, 0.2) is 0 Å². The van der Waals surface area contributed by atoms with Gasteiger partial charge in [-0.15, -0.1) is 0 Å². The molecule has 0 radical (unpaired) electrons. The SMILES string of the molecule is CCCCC(CC)CNCc1ccccc1C1CC1. The van der Waals surface area contributed by atoms with Crippen LogP contribution < -0.4 is 5.32 Å². The Hall–Kier alpha value is -0.820. The lowest BCUT2D eigenvalue weighted by Crippen LogP contribution is -2.22. The number of benzene rings is 1. The van der Waals surface area contributed by atoms with Gasteiger partial charge in [0.2, 0.25) is 0 Å². The first kappa shape index (κ1) is 14.6. The number of nitrogens with one attached hydrogen (secondary N) is 1. The minimum atomic E-state index is 0.855. The quantitative estimate of drug-likeness (QED) is 0.667. The van der Waals surface area contributed by atoms with E-state index < -0.39 is 0 Å². The van der Waals surface area contributed by atoms with Gasteiger partial charge in [0, 0.05) is 6.54 Å². The van der Waals surface area contributed by atoms with Gasteiger partial charge in [-0.1, -0.05) is 57.4 Å². The van der Waals surface area contributed by atoms with Crippen LogP contribution in [-0.2, 0) is 6.54 Å². The van der Waals surface area contributed by atoms with Gasteiger partial charge in [0.1, 0.15) is 0 Å². The van der Waals surface area contributed by atoms with E-state index in [1.54, 1.807) is 5.56 Å². The molecule has 1 atom stereocenters. The monoisotopic (exact) mass is 259 g/mol. The zero-order chi connectivity index (χ0) is 13.5. The Morgan fingerprint density at radius 1 is 1.21 bits per heavy atom. The fourth-order valence-corrected chi connectivity index (χ4v) is 2.84. The Bertz CT molecular complexity index is 368. The van der Waals surface area contributed by atoms with Crippen molar-refractivity contribution in [1.82, 2.24) is 5.32 Å². The molecule has 0 heterocycles. The average Bonchev–Trinajstić information content (AvgIpc) is 3.27. The highest BCUT2D eigenvalue weighted by Gasteiger charge is 2.25. The van der Waals surface area contributed by atoms with Crippen LogP contribution in [0.3, 0.4) is 0 Å². The summed E-state index contributed by atoms with van der Waals surface area (Å²) in [5, 5.41) is 3.68. The van der Waals surface area contributed by atoms with Crippen molar-refractivity contribution in [3.05, 3.63) is 35.4 Å². The van der Waals surface area contributed by atoms with Crippen molar-refractivity contribution < 1.29 is 0 Å². The molecule has 1 saturated carbocycles. The first-order valence-electron chi connectivity index (χ1n) is 8.13. The maximum atomic E-state index is 3.68. The summed E-state index contributed by atoms with van der Waals surface area (Å²) in [6.07, 6.45) is 8.16. The molecule has 0 amide bonds. The van der Waals surface area contributed by atoms with Crippen LogP contribution in [0.1, 0.15) is 69.4 Å². The van der Waals surface area contributed by atoms with Crippen LogP contribution >= 0.6 is 0 Å². The van der Waals surface area contributed by atoms with Crippen molar-refractivity contribution >= 4 is 0 Å². The summed E-state index contributed by atoms with van der Waals surface area (Å²) in [5.74, 6) is 1.72. The van der Waals surface area contributed by atoms with Crippen LogP contribution in [0.25, 0.3) is 0 Å². The van der Waals surface area contributed by atoms with Crippen molar-refractivity contribution in [1.29, 1.82) is 0 Å². The van der Waals surface area contributed by atoms with Crippen LogP contribution in [0.4, 0.5) is 0 Å². The Labute approximate surface area is 118 Å². The van der Waals surface area contributed by atoms with Gasteiger partial charge in [-0.3, -0.25) is 0 Å². The maximum absolute atomic E-state index is 3.68. The highest BCUT2D eigenvalue weighted by Crippen LogP contribution is 2.41. The minimum absolute atomic E-state index is 0.855. The van der Waals surface area contributed by atoms with Gasteiger partial charge in [-0.05, 0) is 48.8 Å². The van der Waals surface area contributed by atoms with E-state index in [1.165, 1.54) is 50.6 Å². The Balaban J connectivity index is 1.78. The van der Waals surface area contributed by atoms with Crippen LogP contribution in [0.15, 0.2) is 24.3 Å². The molecule has 1 aliphatic carbocycles. The van der Waals surface area contributed by atoms with E-state index in [2.05, 4.69) is 43.4 Å². The summed E-state index contributed by atoms with van der Waals surface area (Å²) in [5.41, 5.74) is 3.12. The lowest BCUT2D eigenvalue weighted by atomic mass is 9.99. The van der Waals surface area contributed by atoms with Gasteiger partial charge in [-0.25, -0.2) is 0 Å². The fraction of sp³-hybridized carbons (Fsp3) is 0.667. The highest BCUT2D eigenvalue weighted by atomic mass is 14.9. The molecule has 1 aromatic rings. The molecule has 1 aromatic carbocycles. The van der Waals surface area contributed by atoms with Gasteiger partial charge < -0.3 is 5.32 Å². The lowest BCUT2D eigenvalue weighted by molar-refractivity contribution is 0.419. The van der Waals surface area contributed by atoms with Crippen molar-refractivity contribution in [2.24, 2.45) is 5.92 Å². The molecule has 1 N–H and O–H groups in total. The predicted molar refractivity (Wildman–Crippen MR) is 83.4 cm³/mol. The molecule has 1 fully saturated rings. The average molecular weight is 259 g/mol. The van der Waals surface area contributed by atoms with E-state index in [-0.39, 0.29) is 0 Å². The van der Waals surface area contributed by atoms with Gasteiger partial charge in [0.05, 0.1) is 0 Å². The second-order valence-electron chi connectivity index (χ2n) is 6.02. The summed E-state index contributed by atoms with van der Waals surface area (Å²) in [6, 6.07) is 8.99. The van der Waals surface area contributed by atoms with E-state index in [9.17, 15) is 0 Å². The third kappa shape index (κ3) is 4.65. The fourth-order valence-electron chi connectivity index (χ4n) is 2.84. The maximum Gasteiger partial charge on any atom is 0.0208 e. The van der Waals surface area contributed by atoms with Crippen molar-refractivity contribution in [2.75, 3.05) is 6.54 Å². The Morgan fingerprint density at radius 3 is 2.68 bits per heavy atom. The third-order valence-electron chi connectivity index (χ3n) is 4.36. The molecule has 0 aromatic heterocycles. The molecule has 0 saturated heterocycles. The van der Waals surface area contributed by atoms with Crippen molar-refractivity contribution in [3.63, 3.8) is 0 Å². The van der Waals surface area contributed by atoms with Crippen LogP contribution in [0.5, 0.6) is 0 Å². The smallest absolute Gasteiger partial charge is 0.0208 e. The number of hydrogen-bond acceptors (Lipinski definition) is 1. The molecule has 106 valence electrons. The molecule has 0 bridgehead atoms. The molecule has 0 aliphatic heterocycles. The molecular formula is C18H29N. The summed E-state index contributed by atoms with van der Waals surface area (Å²) in [7, 11) is 0. The van der Waals surface area contributed by atoms with E-state index in [0.29, 0.717) is 0 Å². The number of unbranched alkanes of at least 4 members (excludes halogenated alkanes) is 1. The van der Waals surface area contributed by atoms with Crippen molar-refractivity contribution in [2.45, 2.75) is 64.8 Å². The second kappa shape index (κ2) is 7.69. The minimum Gasteiger partial charge on any atom is -0.312 e. The number of hydrogen-bond donors (Lipinski definition) is 1. The molecule has 19 heavy (non-hydrogen) atoms. The van der Waals surface area contributed by atoms with Gasteiger partial charge in [-0.2, -0.15) is 0 Å². The van der Waals surface area contributed by atoms with Crippen molar-refractivity contribution in [3.8, 4) is 0 Å². The third-order valence-corrected chi connectivity index (χ3v) is 4.36. The molecule has 1 unspecified atom stereocenters. The standard InChI is InChI=1S/C18H29N/c1-3-5-8-15(4-2)13-19-14-17-9-6-7-10-18(17)16-11-12-16/h6-7,9-10,15-16,19H,3-5,8,11-14H2,1-2H3. The zero-order valence-electron chi connectivity index (χ0n) is 12.6. The summed E-state index contributed by atoms with van der Waals surface area (Å²) in [6.45, 7) is 6.83. The van der Waals surface area contributed by atoms with Gasteiger partial charge >= 0.3 is 0 Å². The van der Waals surface area contributed by atoms with E-state index in [4.69, 9.17) is 0 Å². The van der Waals surface area contributed by atoms with E-state index >= 15 is 0 Å². The molecule has 1 nitrogen and oxygen atoms in total. The predicted octanol–water partition coefficient (Wildman–Crippen LogP) is 4.87. The Kier molecular flexibility index (Phi) is 5.91. The number of rotatable bonds is 9. The first-order valence-corrected chi connectivity index (χ1v) is 8.13.